The van der Waals surface area contributed by atoms with Gasteiger partial charge >= 0.3 is 5.97 Å². The topological polar surface area (TPSA) is 83.1 Å². The molecule has 0 heterocycles. The zero-order valence-corrected chi connectivity index (χ0v) is 20.7. The van der Waals surface area contributed by atoms with Crippen LogP contribution in [0.25, 0.3) is 6.08 Å². The van der Waals surface area contributed by atoms with Gasteiger partial charge in [0.2, 0.25) is 5.75 Å². The van der Waals surface area contributed by atoms with Gasteiger partial charge < -0.3 is 24.3 Å². The number of benzene rings is 3. The molecular weight excluding hydrogens is 458 g/mol. The van der Waals surface area contributed by atoms with Gasteiger partial charge in [0.1, 0.15) is 0 Å². The molecule has 0 aliphatic rings. The van der Waals surface area contributed by atoms with Gasteiger partial charge in [0.05, 0.1) is 21.3 Å². The van der Waals surface area contributed by atoms with Gasteiger partial charge in [0.25, 0.3) is 5.91 Å². The third-order valence-corrected chi connectivity index (χ3v) is 5.60. The number of hydrogen-bond acceptors (Lipinski definition) is 6. The van der Waals surface area contributed by atoms with Crippen molar-refractivity contribution in [2.75, 3.05) is 34.5 Å². The molecule has 1 N–H and O–H groups in total. The summed E-state index contributed by atoms with van der Waals surface area (Å²) >= 11 is 0. The van der Waals surface area contributed by atoms with Crippen molar-refractivity contribution in [3.05, 3.63) is 95.6 Å². The van der Waals surface area contributed by atoms with Crippen molar-refractivity contribution in [2.45, 2.75) is 12.3 Å². The Morgan fingerprint density at radius 1 is 0.833 bits per heavy atom. The van der Waals surface area contributed by atoms with Crippen molar-refractivity contribution in [2.24, 2.45) is 0 Å². The second kappa shape index (κ2) is 13.6. The number of amides is 1. The van der Waals surface area contributed by atoms with Crippen LogP contribution in [0.2, 0.25) is 0 Å². The highest BCUT2D eigenvalue weighted by Gasteiger charge is 2.15. The van der Waals surface area contributed by atoms with Crippen molar-refractivity contribution >= 4 is 18.0 Å². The molecular formula is C29H31NO6. The number of carbonyl (C=O) groups excluding carboxylic acids is 2. The van der Waals surface area contributed by atoms with Crippen LogP contribution in [0.15, 0.2) is 78.9 Å². The van der Waals surface area contributed by atoms with E-state index in [0.717, 1.165) is 6.42 Å². The van der Waals surface area contributed by atoms with Gasteiger partial charge in [-0.25, -0.2) is 4.79 Å². The van der Waals surface area contributed by atoms with Gasteiger partial charge in [-0.3, -0.25) is 4.79 Å². The van der Waals surface area contributed by atoms with Crippen molar-refractivity contribution in [1.82, 2.24) is 5.32 Å². The summed E-state index contributed by atoms with van der Waals surface area (Å²) < 4.78 is 21.0. The predicted molar refractivity (Wildman–Crippen MR) is 138 cm³/mol. The van der Waals surface area contributed by atoms with E-state index in [1.54, 1.807) is 18.2 Å². The number of rotatable bonds is 12. The lowest BCUT2D eigenvalue weighted by atomic mass is 9.88. The lowest BCUT2D eigenvalue weighted by Crippen LogP contribution is -2.30. The van der Waals surface area contributed by atoms with E-state index in [1.807, 2.05) is 36.4 Å². The molecule has 0 saturated carbocycles. The Kier molecular flexibility index (Phi) is 9.94. The zero-order valence-electron chi connectivity index (χ0n) is 20.7. The SMILES string of the molecule is COc1cc(/C=C/C(=O)OCC(=O)NCCC(c2ccccc2)c2ccccc2)cc(OC)c1OC. The van der Waals surface area contributed by atoms with Crippen molar-refractivity contribution in [3.63, 3.8) is 0 Å². The molecule has 36 heavy (non-hydrogen) atoms. The quantitative estimate of drug-likeness (QED) is 0.296. The lowest BCUT2D eigenvalue weighted by molar-refractivity contribution is -0.143. The highest BCUT2D eigenvalue weighted by Crippen LogP contribution is 2.38. The van der Waals surface area contributed by atoms with Crippen LogP contribution in [0.3, 0.4) is 0 Å². The molecule has 0 radical (unpaired) electrons. The van der Waals surface area contributed by atoms with Crippen LogP contribution in [0.5, 0.6) is 17.2 Å². The second-order valence-electron chi connectivity index (χ2n) is 7.91. The molecule has 0 aliphatic carbocycles. The van der Waals surface area contributed by atoms with Crippen LogP contribution in [-0.4, -0.2) is 46.4 Å². The number of hydrogen-bond donors (Lipinski definition) is 1. The van der Waals surface area contributed by atoms with E-state index in [-0.39, 0.29) is 18.4 Å². The number of carbonyl (C=O) groups is 2. The molecule has 0 aromatic heterocycles. The van der Waals surface area contributed by atoms with E-state index in [9.17, 15) is 9.59 Å². The Hall–Kier alpha value is -4.26. The smallest absolute Gasteiger partial charge is 0.331 e. The molecule has 0 unspecified atom stereocenters. The highest BCUT2D eigenvalue weighted by atomic mass is 16.5. The van der Waals surface area contributed by atoms with Crippen LogP contribution >= 0.6 is 0 Å². The first-order chi connectivity index (χ1) is 17.5. The Bertz CT molecular complexity index is 1100. The van der Waals surface area contributed by atoms with Crippen molar-refractivity contribution in [3.8, 4) is 17.2 Å². The van der Waals surface area contributed by atoms with E-state index in [0.29, 0.717) is 29.4 Å². The maximum atomic E-state index is 12.3. The van der Waals surface area contributed by atoms with Gasteiger partial charge in [-0.2, -0.15) is 0 Å². The molecule has 1 amide bonds. The van der Waals surface area contributed by atoms with Crippen LogP contribution < -0.4 is 19.5 Å². The first kappa shape index (κ1) is 26.3. The standard InChI is InChI=1S/C29H31NO6/c1-33-25-18-21(19-26(34-2)29(25)35-3)14-15-28(32)36-20-27(31)30-17-16-24(22-10-6-4-7-11-22)23-12-8-5-9-13-23/h4-15,18-19,24H,16-17,20H2,1-3H3,(H,30,31)/b15-14+. The minimum absolute atomic E-state index is 0.150. The number of methoxy groups -OCH3 is 3. The van der Waals surface area contributed by atoms with Crippen LogP contribution in [0, 0.1) is 0 Å². The van der Waals surface area contributed by atoms with E-state index in [4.69, 9.17) is 18.9 Å². The molecule has 7 heteroatoms. The maximum absolute atomic E-state index is 12.3. The summed E-state index contributed by atoms with van der Waals surface area (Å²) in [5.74, 6) is 0.548. The third-order valence-electron chi connectivity index (χ3n) is 5.60. The number of nitrogens with one attached hydrogen (secondary N) is 1. The van der Waals surface area contributed by atoms with Gasteiger partial charge in [0.15, 0.2) is 18.1 Å². The molecule has 0 aliphatic heterocycles. The van der Waals surface area contributed by atoms with Crippen molar-refractivity contribution in [1.29, 1.82) is 0 Å². The van der Waals surface area contributed by atoms with Gasteiger partial charge in [-0.15, -0.1) is 0 Å². The zero-order chi connectivity index (χ0) is 25.8. The number of ether oxygens (including phenoxy) is 4. The van der Waals surface area contributed by atoms with E-state index >= 15 is 0 Å². The van der Waals surface area contributed by atoms with E-state index < -0.39 is 5.97 Å². The molecule has 3 aromatic carbocycles. The van der Waals surface area contributed by atoms with Crippen molar-refractivity contribution < 1.29 is 28.5 Å². The maximum Gasteiger partial charge on any atom is 0.331 e. The molecule has 7 nitrogen and oxygen atoms in total. The molecule has 0 fully saturated rings. The fourth-order valence-electron chi connectivity index (χ4n) is 3.85. The first-order valence-corrected chi connectivity index (χ1v) is 11.6. The third kappa shape index (κ3) is 7.37. The average Bonchev–Trinajstić information content (AvgIpc) is 2.93. The Balaban J connectivity index is 1.51. The summed E-state index contributed by atoms with van der Waals surface area (Å²) in [6, 6.07) is 23.7. The van der Waals surface area contributed by atoms with E-state index in [1.165, 1.54) is 38.5 Å². The summed E-state index contributed by atoms with van der Waals surface area (Å²) in [5, 5.41) is 2.84. The van der Waals surface area contributed by atoms with E-state index in [2.05, 4.69) is 29.6 Å². The second-order valence-corrected chi connectivity index (χ2v) is 7.91. The lowest BCUT2D eigenvalue weighted by Gasteiger charge is -2.18. The van der Waals surface area contributed by atoms with Gasteiger partial charge in [0, 0.05) is 18.5 Å². The van der Waals surface area contributed by atoms with Crippen LogP contribution in [0.4, 0.5) is 0 Å². The summed E-state index contributed by atoms with van der Waals surface area (Å²) in [6.45, 7) is 0.0892. The molecule has 3 rings (SSSR count). The summed E-state index contributed by atoms with van der Waals surface area (Å²) in [5.41, 5.74) is 3.02. The monoisotopic (exact) mass is 489 g/mol. The summed E-state index contributed by atoms with van der Waals surface area (Å²) in [7, 11) is 4.54. The highest BCUT2D eigenvalue weighted by molar-refractivity contribution is 5.89. The first-order valence-electron chi connectivity index (χ1n) is 11.6. The molecule has 0 atom stereocenters. The number of esters is 1. The fourth-order valence-corrected chi connectivity index (χ4v) is 3.85. The van der Waals surface area contributed by atoms with Gasteiger partial charge in [-0.05, 0) is 41.3 Å². The average molecular weight is 490 g/mol. The summed E-state index contributed by atoms with van der Waals surface area (Å²) in [4.78, 5) is 24.4. The Morgan fingerprint density at radius 2 is 1.39 bits per heavy atom. The minimum Gasteiger partial charge on any atom is -0.493 e. The Labute approximate surface area is 211 Å². The van der Waals surface area contributed by atoms with Crippen LogP contribution in [-0.2, 0) is 14.3 Å². The van der Waals surface area contributed by atoms with Crippen LogP contribution in [0.1, 0.15) is 29.0 Å². The van der Waals surface area contributed by atoms with Gasteiger partial charge in [-0.1, -0.05) is 60.7 Å². The molecule has 0 spiro atoms. The fraction of sp³-hybridized carbons (Fsp3) is 0.241. The molecule has 3 aromatic rings. The normalized spacial score (nSPS) is 10.8. The molecule has 188 valence electrons. The molecule has 0 saturated heterocycles. The largest absolute Gasteiger partial charge is 0.493 e. The summed E-state index contributed by atoms with van der Waals surface area (Å²) in [6.07, 6.45) is 3.51. The molecule has 0 bridgehead atoms. The minimum atomic E-state index is -0.634. The Morgan fingerprint density at radius 3 is 1.89 bits per heavy atom. The predicted octanol–water partition coefficient (Wildman–Crippen LogP) is 4.61.